The summed E-state index contributed by atoms with van der Waals surface area (Å²) in [7, 11) is 1.71. The van der Waals surface area contributed by atoms with Crippen LogP contribution < -0.4 is 10.1 Å². The number of methoxy groups -OCH3 is 1. The summed E-state index contributed by atoms with van der Waals surface area (Å²) in [5.74, 6) is 0.902. The van der Waals surface area contributed by atoms with Gasteiger partial charge < -0.3 is 10.1 Å². The van der Waals surface area contributed by atoms with Crippen molar-refractivity contribution < 1.29 is 4.74 Å². The van der Waals surface area contributed by atoms with Gasteiger partial charge in [0.1, 0.15) is 5.75 Å². The monoisotopic (exact) mass is 333 g/mol. The van der Waals surface area contributed by atoms with Crippen LogP contribution in [-0.2, 0) is 6.54 Å². The van der Waals surface area contributed by atoms with Gasteiger partial charge in [0, 0.05) is 11.0 Å². The van der Waals surface area contributed by atoms with Crippen molar-refractivity contribution >= 4 is 15.9 Å². The van der Waals surface area contributed by atoms with Crippen molar-refractivity contribution in [2.24, 2.45) is 0 Å². The van der Waals surface area contributed by atoms with Crippen molar-refractivity contribution in [2.75, 3.05) is 13.7 Å². The highest BCUT2D eigenvalue weighted by Crippen LogP contribution is 2.28. The largest absolute Gasteiger partial charge is 0.497 e. The lowest BCUT2D eigenvalue weighted by molar-refractivity contribution is 0.414. The number of benzene rings is 2. The third-order valence-electron chi connectivity index (χ3n) is 3.21. The molecule has 2 aromatic rings. The van der Waals surface area contributed by atoms with Gasteiger partial charge in [0.15, 0.2) is 0 Å². The zero-order valence-corrected chi connectivity index (χ0v) is 13.5. The van der Waals surface area contributed by atoms with E-state index in [-0.39, 0.29) is 0 Å². The van der Waals surface area contributed by atoms with Gasteiger partial charge in [-0.05, 0) is 53.9 Å². The summed E-state index contributed by atoms with van der Waals surface area (Å²) in [6.07, 6.45) is 1.14. The van der Waals surface area contributed by atoms with E-state index in [1.165, 1.54) is 16.7 Å². The molecule has 106 valence electrons. The lowest BCUT2D eigenvalue weighted by Crippen LogP contribution is -2.14. The number of halogens is 1. The Bertz CT molecular complexity index is 551. The molecule has 0 aliphatic rings. The average molecular weight is 334 g/mol. The summed E-state index contributed by atoms with van der Waals surface area (Å²) in [6, 6.07) is 14.7. The van der Waals surface area contributed by atoms with Crippen LogP contribution in [0.4, 0.5) is 0 Å². The summed E-state index contributed by atoms with van der Waals surface area (Å²) in [5, 5.41) is 3.46. The number of hydrogen-bond donors (Lipinski definition) is 1. The number of ether oxygens (including phenoxy) is 1. The lowest BCUT2D eigenvalue weighted by Gasteiger charge is -2.13. The molecule has 3 heteroatoms. The molecule has 0 amide bonds. The van der Waals surface area contributed by atoms with Crippen LogP contribution in [0, 0.1) is 0 Å². The highest BCUT2D eigenvalue weighted by Gasteiger charge is 2.06. The molecule has 2 nitrogen and oxygen atoms in total. The van der Waals surface area contributed by atoms with Gasteiger partial charge in [-0.15, -0.1) is 0 Å². The molecular weight excluding hydrogens is 314 g/mol. The van der Waals surface area contributed by atoms with E-state index in [1.807, 2.05) is 6.07 Å². The van der Waals surface area contributed by atoms with Crippen molar-refractivity contribution in [1.29, 1.82) is 0 Å². The van der Waals surface area contributed by atoms with Crippen molar-refractivity contribution in [3.63, 3.8) is 0 Å². The first kappa shape index (κ1) is 15.1. The molecule has 1 N–H and O–H groups in total. The van der Waals surface area contributed by atoms with Crippen LogP contribution >= 0.6 is 15.9 Å². The Morgan fingerprint density at radius 2 is 1.85 bits per heavy atom. The van der Waals surface area contributed by atoms with Crippen LogP contribution in [0.25, 0.3) is 11.1 Å². The molecular formula is C17H20BrNO. The van der Waals surface area contributed by atoms with Gasteiger partial charge in [-0.25, -0.2) is 0 Å². The maximum atomic E-state index is 5.34. The normalized spacial score (nSPS) is 10.6. The van der Waals surface area contributed by atoms with E-state index < -0.39 is 0 Å². The van der Waals surface area contributed by atoms with Crippen LogP contribution in [0.5, 0.6) is 5.75 Å². The molecule has 0 aliphatic carbocycles. The summed E-state index contributed by atoms with van der Waals surface area (Å²) in [5.41, 5.74) is 3.74. The topological polar surface area (TPSA) is 21.3 Å². The van der Waals surface area contributed by atoms with Gasteiger partial charge >= 0.3 is 0 Å². The first-order valence-electron chi connectivity index (χ1n) is 6.88. The van der Waals surface area contributed by atoms with Crippen molar-refractivity contribution in [2.45, 2.75) is 19.9 Å². The smallest absolute Gasteiger partial charge is 0.119 e. The average Bonchev–Trinajstić information content (AvgIpc) is 2.48. The molecule has 2 aromatic carbocycles. The second-order valence-corrected chi connectivity index (χ2v) is 5.62. The Morgan fingerprint density at radius 1 is 1.10 bits per heavy atom. The van der Waals surface area contributed by atoms with E-state index >= 15 is 0 Å². The quantitative estimate of drug-likeness (QED) is 0.778. The molecule has 0 bridgehead atoms. The first-order chi connectivity index (χ1) is 9.74. The molecule has 0 spiro atoms. The van der Waals surface area contributed by atoms with E-state index in [0.29, 0.717) is 0 Å². The SMILES string of the molecule is CCCNCc1cc(OC)ccc1-c1ccc(Br)cc1. The molecule has 0 aromatic heterocycles. The zero-order chi connectivity index (χ0) is 14.4. The predicted molar refractivity (Wildman–Crippen MR) is 88.1 cm³/mol. The third-order valence-corrected chi connectivity index (χ3v) is 3.74. The fourth-order valence-corrected chi connectivity index (χ4v) is 2.42. The van der Waals surface area contributed by atoms with Crippen LogP contribution in [0.1, 0.15) is 18.9 Å². The van der Waals surface area contributed by atoms with Crippen molar-refractivity contribution in [3.05, 3.63) is 52.5 Å². The summed E-state index contributed by atoms with van der Waals surface area (Å²) >= 11 is 3.48. The van der Waals surface area contributed by atoms with Crippen LogP contribution in [0.3, 0.4) is 0 Å². The van der Waals surface area contributed by atoms with Gasteiger partial charge in [-0.1, -0.05) is 41.1 Å². The fourth-order valence-electron chi connectivity index (χ4n) is 2.15. The molecule has 0 aliphatic heterocycles. The van der Waals surface area contributed by atoms with Crippen molar-refractivity contribution in [3.8, 4) is 16.9 Å². The maximum absolute atomic E-state index is 5.34. The molecule has 0 heterocycles. The van der Waals surface area contributed by atoms with Crippen molar-refractivity contribution in [1.82, 2.24) is 5.32 Å². The Labute approximate surface area is 129 Å². The molecule has 0 saturated carbocycles. The predicted octanol–water partition coefficient (Wildman–Crippen LogP) is 4.62. The minimum Gasteiger partial charge on any atom is -0.497 e. The Balaban J connectivity index is 2.32. The Kier molecular flexibility index (Phi) is 5.62. The van der Waals surface area contributed by atoms with Gasteiger partial charge in [0.25, 0.3) is 0 Å². The molecule has 0 radical (unpaired) electrons. The maximum Gasteiger partial charge on any atom is 0.119 e. The summed E-state index contributed by atoms with van der Waals surface area (Å²) in [4.78, 5) is 0. The first-order valence-corrected chi connectivity index (χ1v) is 7.67. The molecule has 0 fully saturated rings. The van der Waals surface area contributed by atoms with Gasteiger partial charge in [-0.3, -0.25) is 0 Å². The Hall–Kier alpha value is -1.32. The second kappa shape index (κ2) is 7.46. The van der Waals surface area contributed by atoms with E-state index in [0.717, 1.165) is 29.7 Å². The molecule has 0 unspecified atom stereocenters. The van der Waals surface area contributed by atoms with E-state index in [9.17, 15) is 0 Å². The highest BCUT2D eigenvalue weighted by atomic mass is 79.9. The third kappa shape index (κ3) is 3.84. The highest BCUT2D eigenvalue weighted by molar-refractivity contribution is 9.10. The number of rotatable bonds is 6. The molecule has 2 rings (SSSR count). The number of nitrogens with one attached hydrogen (secondary N) is 1. The van der Waals surface area contributed by atoms with Crippen LogP contribution in [0.2, 0.25) is 0 Å². The summed E-state index contributed by atoms with van der Waals surface area (Å²) < 4.78 is 6.43. The fraction of sp³-hybridized carbons (Fsp3) is 0.294. The van der Waals surface area contributed by atoms with Crippen LogP contribution in [-0.4, -0.2) is 13.7 Å². The van der Waals surface area contributed by atoms with E-state index in [2.05, 4.69) is 64.6 Å². The molecule has 20 heavy (non-hydrogen) atoms. The Morgan fingerprint density at radius 3 is 2.50 bits per heavy atom. The summed E-state index contributed by atoms with van der Waals surface area (Å²) in [6.45, 7) is 4.06. The molecule has 0 atom stereocenters. The van der Waals surface area contributed by atoms with E-state index in [1.54, 1.807) is 7.11 Å². The minimum atomic E-state index is 0.858. The van der Waals surface area contributed by atoms with Crippen LogP contribution in [0.15, 0.2) is 46.9 Å². The molecule has 0 saturated heterocycles. The standard InChI is InChI=1S/C17H20BrNO/c1-3-10-19-12-14-11-16(20-2)8-9-17(14)13-4-6-15(18)7-5-13/h4-9,11,19H,3,10,12H2,1-2H3. The lowest BCUT2D eigenvalue weighted by atomic mass is 9.99. The minimum absolute atomic E-state index is 0.858. The number of hydrogen-bond acceptors (Lipinski definition) is 2. The second-order valence-electron chi connectivity index (χ2n) is 4.71. The van der Waals surface area contributed by atoms with Gasteiger partial charge in [0.2, 0.25) is 0 Å². The van der Waals surface area contributed by atoms with E-state index in [4.69, 9.17) is 4.74 Å². The van der Waals surface area contributed by atoms with Gasteiger partial charge in [0.05, 0.1) is 7.11 Å². The van der Waals surface area contributed by atoms with Gasteiger partial charge in [-0.2, -0.15) is 0 Å². The zero-order valence-electron chi connectivity index (χ0n) is 11.9.